The second-order valence-corrected chi connectivity index (χ2v) is 5.29. The molecule has 0 bridgehead atoms. The minimum absolute atomic E-state index is 0.322. The summed E-state index contributed by atoms with van der Waals surface area (Å²) in [4.78, 5) is 11.2. The van der Waals surface area contributed by atoms with Crippen molar-refractivity contribution in [2.24, 2.45) is 0 Å². The number of nitrogens with zero attached hydrogens (tertiary/aromatic N) is 3. The van der Waals surface area contributed by atoms with Crippen LogP contribution in [0.25, 0.3) is 0 Å². The number of nitrogens with one attached hydrogen (secondary N) is 1. The molecule has 18 heavy (non-hydrogen) atoms. The van der Waals surface area contributed by atoms with Crippen LogP contribution in [0.1, 0.15) is 43.6 Å². The lowest BCUT2D eigenvalue weighted by molar-refractivity contribution is 0.211. The van der Waals surface area contributed by atoms with Crippen LogP contribution < -0.4 is 5.32 Å². The summed E-state index contributed by atoms with van der Waals surface area (Å²) in [6, 6.07) is 0.950. The van der Waals surface area contributed by atoms with Crippen LogP contribution >= 0.6 is 0 Å². The van der Waals surface area contributed by atoms with Gasteiger partial charge in [-0.05, 0) is 40.3 Å². The summed E-state index contributed by atoms with van der Waals surface area (Å²) in [7, 11) is 2.18. The van der Waals surface area contributed by atoms with Gasteiger partial charge in [-0.15, -0.1) is 0 Å². The van der Waals surface area contributed by atoms with E-state index in [0.717, 1.165) is 24.5 Å². The van der Waals surface area contributed by atoms with Gasteiger partial charge < -0.3 is 5.32 Å². The van der Waals surface area contributed by atoms with Crippen LogP contribution in [0.3, 0.4) is 0 Å². The summed E-state index contributed by atoms with van der Waals surface area (Å²) >= 11 is 0. The van der Waals surface area contributed by atoms with Crippen molar-refractivity contribution in [3.63, 3.8) is 0 Å². The smallest absolute Gasteiger partial charge is 0.0784 e. The monoisotopic (exact) mass is 248 g/mol. The third-order valence-electron chi connectivity index (χ3n) is 3.90. The molecule has 0 amide bonds. The van der Waals surface area contributed by atoms with Gasteiger partial charge in [-0.2, -0.15) is 0 Å². The maximum atomic E-state index is 4.47. The largest absolute Gasteiger partial charge is 0.313 e. The molecule has 1 aromatic rings. The number of aromatic nitrogens is 2. The summed E-state index contributed by atoms with van der Waals surface area (Å²) in [5, 5.41) is 3.59. The number of rotatable bonds is 4. The van der Waals surface area contributed by atoms with E-state index in [-0.39, 0.29) is 0 Å². The van der Waals surface area contributed by atoms with Crippen molar-refractivity contribution in [2.75, 3.05) is 20.1 Å². The van der Waals surface area contributed by atoms with Crippen LogP contribution in [0, 0.1) is 6.92 Å². The fourth-order valence-corrected chi connectivity index (χ4v) is 2.62. The predicted molar refractivity (Wildman–Crippen MR) is 73.5 cm³/mol. The van der Waals surface area contributed by atoms with E-state index in [1.807, 2.05) is 6.92 Å². The Kier molecular flexibility index (Phi) is 4.66. The summed E-state index contributed by atoms with van der Waals surface area (Å²) in [6.07, 6.45) is 7.50. The fraction of sp³-hybridized carbons (Fsp3) is 0.714. The number of aryl methyl sites for hydroxylation is 1. The van der Waals surface area contributed by atoms with Crippen molar-refractivity contribution in [2.45, 2.75) is 45.2 Å². The summed E-state index contributed by atoms with van der Waals surface area (Å²) in [6.45, 7) is 6.49. The molecule has 1 aliphatic heterocycles. The average Bonchev–Trinajstić information content (AvgIpc) is 2.39. The highest BCUT2D eigenvalue weighted by Gasteiger charge is 2.20. The van der Waals surface area contributed by atoms with Gasteiger partial charge in [-0.3, -0.25) is 14.9 Å². The van der Waals surface area contributed by atoms with E-state index in [9.17, 15) is 0 Å². The van der Waals surface area contributed by atoms with Crippen molar-refractivity contribution >= 4 is 0 Å². The first-order chi connectivity index (χ1) is 8.68. The van der Waals surface area contributed by atoms with Crippen molar-refractivity contribution in [3.05, 3.63) is 23.8 Å². The Morgan fingerprint density at radius 1 is 1.39 bits per heavy atom. The zero-order valence-corrected chi connectivity index (χ0v) is 11.7. The van der Waals surface area contributed by atoms with Gasteiger partial charge in [0.2, 0.25) is 0 Å². The first kappa shape index (κ1) is 13.4. The zero-order valence-electron chi connectivity index (χ0n) is 11.7. The molecule has 2 rings (SSSR count). The lowest BCUT2D eigenvalue weighted by atomic mass is 10.0. The molecule has 0 aliphatic carbocycles. The number of hydrogen-bond acceptors (Lipinski definition) is 4. The van der Waals surface area contributed by atoms with Gasteiger partial charge in [0.15, 0.2) is 0 Å². The summed E-state index contributed by atoms with van der Waals surface area (Å²) in [5.41, 5.74) is 2.13. The Labute approximate surface area is 110 Å². The van der Waals surface area contributed by atoms with Crippen LogP contribution in [0.5, 0.6) is 0 Å². The standard InChI is InChI=1S/C14H24N4/c1-11-14(17-9-8-15-11)12(2)18(3)10-13-6-4-5-7-16-13/h8-9,12-13,16H,4-7,10H2,1-3H3. The molecule has 1 aromatic heterocycles. The predicted octanol–water partition coefficient (Wildman–Crippen LogP) is 1.92. The zero-order chi connectivity index (χ0) is 13.0. The maximum absolute atomic E-state index is 4.47. The highest BCUT2D eigenvalue weighted by atomic mass is 15.2. The molecule has 1 fully saturated rings. The fourth-order valence-electron chi connectivity index (χ4n) is 2.62. The van der Waals surface area contributed by atoms with E-state index in [1.165, 1.54) is 19.3 Å². The van der Waals surface area contributed by atoms with Crippen molar-refractivity contribution in [3.8, 4) is 0 Å². The molecule has 2 unspecified atom stereocenters. The van der Waals surface area contributed by atoms with E-state index in [1.54, 1.807) is 12.4 Å². The summed E-state index contributed by atoms with van der Waals surface area (Å²) in [5.74, 6) is 0. The molecule has 100 valence electrons. The van der Waals surface area contributed by atoms with Crippen LogP contribution in [0.15, 0.2) is 12.4 Å². The van der Waals surface area contributed by atoms with Crippen LogP contribution in [0.4, 0.5) is 0 Å². The molecule has 4 nitrogen and oxygen atoms in total. The SMILES string of the molecule is Cc1nccnc1C(C)N(C)CC1CCCCN1. The van der Waals surface area contributed by atoms with Crippen molar-refractivity contribution in [1.82, 2.24) is 20.2 Å². The molecular weight excluding hydrogens is 224 g/mol. The van der Waals surface area contributed by atoms with Gasteiger partial charge in [-0.1, -0.05) is 6.42 Å². The van der Waals surface area contributed by atoms with Gasteiger partial charge in [-0.25, -0.2) is 0 Å². The van der Waals surface area contributed by atoms with Crippen molar-refractivity contribution in [1.29, 1.82) is 0 Å². The van der Waals surface area contributed by atoms with E-state index < -0.39 is 0 Å². The Bertz CT molecular complexity index is 374. The highest BCUT2D eigenvalue weighted by Crippen LogP contribution is 2.19. The average molecular weight is 248 g/mol. The molecule has 1 N–H and O–H groups in total. The van der Waals surface area contributed by atoms with E-state index in [0.29, 0.717) is 12.1 Å². The Balaban J connectivity index is 1.95. The van der Waals surface area contributed by atoms with Crippen molar-refractivity contribution < 1.29 is 0 Å². The third kappa shape index (κ3) is 3.27. The second kappa shape index (κ2) is 6.25. The molecule has 0 radical (unpaired) electrons. The van der Waals surface area contributed by atoms with Crippen LogP contribution in [-0.4, -0.2) is 41.0 Å². The number of likely N-dealkylation sites (N-methyl/N-ethyl adjacent to an activating group) is 1. The molecule has 1 aliphatic rings. The maximum Gasteiger partial charge on any atom is 0.0784 e. The van der Waals surface area contributed by atoms with Crippen LogP contribution in [-0.2, 0) is 0 Å². The lowest BCUT2D eigenvalue weighted by Gasteiger charge is -2.31. The molecule has 0 aromatic carbocycles. The minimum Gasteiger partial charge on any atom is -0.313 e. The van der Waals surface area contributed by atoms with Gasteiger partial charge in [0.25, 0.3) is 0 Å². The molecule has 0 saturated carbocycles. The molecule has 4 heteroatoms. The first-order valence-electron chi connectivity index (χ1n) is 6.89. The van der Waals surface area contributed by atoms with Gasteiger partial charge in [0, 0.05) is 25.0 Å². The van der Waals surface area contributed by atoms with E-state index >= 15 is 0 Å². The van der Waals surface area contributed by atoms with Gasteiger partial charge >= 0.3 is 0 Å². The highest BCUT2D eigenvalue weighted by molar-refractivity contribution is 5.12. The Morgan fingerprint density at radius 2 is 2.17 bits per heavy atom. The van der Waals surface area contributed by atoms with Crippen LogP contribution in [0.2, 0.25) is 0 Å². The van der Waals surface area contributed by atoms with Gasteiger partial charge in [0.05, 0.1) is 17.4 Å². The number of piperidine rings is 1. The Morgan fingerprint density at radius 3 is 2.83 bits per heavy atom. The van der Waals surface area contributed by atoms with E-state index in [4.69, 9.17) is 0 Å². The summed E-state index contributed by atoms with van der Waals surface area (Å²) < 4.78 is 0. The lowest BCUT2D eigenvalue weighted by Crippen LogP contribution is -2.43. The molecule has 2 atom stereocenters. The topological polar surface area (TPSA) is 41.1 Å². The molecule has 1 saturated heterocycles. The quantitative estimate of drug-likeness (QED) is 0.884. The third-order valence-corrected chi connectivity index (χ3v) is 3.90. The Hall–Kier alpha value is -1.00. The minimum atomic E-state index is 0.322. The molecule has 2 heterocycles. The van der Waals surface area contributed by atoms with E-state index in [2.05, 4.69) is 34.2 Å². The van der Waals surface area contributed by atoms with Gasteiger partial charge in [0.1, 0.15) is 0 Å². The first-order valence-corrected chi connectivity index (χ1v) is 6.89. The number of hydrogen-bond donors (Lipinski definition) is 1. The molecule has 0 spiro atoms. The normalized spacial score (nSPS) is 22.1. The second-order valence-electron chi connectivity index (χ2n) is 5.29. The molecular formula is C14H24N4.